The lowest BCUT2D eigenvalue weighted by Gasteiger charge is -2.18. The van der Waals surface area contributed by atoms with Crippen LogP contribution in [0.15, 0.2) is 12.1 Å². The van der Waals surface area contributed by atoms with E-state index in [-0.39, 0.29) is 5.91 Å². The Morgan fingerprint density at radius 3 is 3.09 bits per heavy atom. The SMILES string of the molecule is CCOc1nc(C)ccc1C(=O)N1CCC(Cc2nn[nH]n2)C1. The second kappa shape index (κ2) is 6.72. The number of carbonyl (C=O) groups excluding carboxylic acids is 1. The summed E-state index contributed by atoms with van der Waals surface area (Å²) >= 11 is 0. The first kappa shape index (κ1) is 15.4. The predicted molar refractivity (Wildman–Crippen MR) is 82.0 cm³/mol. The summed E-state index contributed by atoms with van der Waals surface area (Å²) in [5, 5.41) is 14.0. The third-order valence-corrected chi connectivity index (χ3v) is 3.94. The number of aryl methyl sites for hydroxylation is 1. The van der Waals surface area contributed by atoms with Crippen molar-refractivity contribution in [2.45, 2.75) is 26.7 Å². The molecule has 0 radical (unpaired) electrons. The number of nitrogens with zero attached hydrogens (tertiary/aromatic N) is 5. The van der Waals surface area contributed by atoms with Crippen LogP contribution in [0.1, 0.15) is 35.2 Å². The summed E-state index contributed by atoms with van der Waals surface area (Å²) in [5.41, 5.74) is 1.36. The lowest BCUT2D eigenvalue weighted by molar-refractivity contribution is 0.0782. The number of tetrazole rings is 1. The number of likely N-dealkylation sites (tertiary alicyclic amines) is 1. The predicted octanol–water partition coefficient (Wildman–Crippen LogP) is 1.01. The summed E-state index contributed by atoms with van der Waals surface area (Å²) in [6.07, 6.45) is 1.66. The molecule has 2 aromatic heterocycles. The van der Waals surface area contributed by atoms with E-state index in [2.05, 4.69) is 25.6 Å². The minimum absolute atomic E-state index is 0.0310. The zero-order chi connectivity index (χ0) is 16.2. The second-order valence-corrected chi connectivity index (χ2v) is 5.68. The van der Waals surface area contributed by atoms with Crippen molar-refractivity contribution in [2.75, 3.05) is 19.7 Å². The maximum atomic E-state index is 12.8. The van der Waals surface area contributed by atoms with Crippen LogP contribution in [0.5, 0.6) is 5.88 Å². The summed E-state index contributed by atoms with van der Waals surface area (Å²) in [6.45, 7) is 5.66. The molecule has 1 N–H and O–H groups in total. The maximum absolute atomic E-state index is 12.8. The van der Waals surface area contributed by atoms with E-state index in [1.165, 1.54) is 0 Å². The molecule has 0 bridgehead atoms. The molecule has 1 aliphatic heterocycles. The van der Waals surface area contributed by atoms with Gasteiger partial charge in [0.15, 0.2) is 5.82 Å². The van der Waals surface area contributed by atoms with Gasteiger partial charge in [-0.15, -0.1) is 10.2 Å². The van der Waals surface area contributed by atoms with Crippen molar-refractivity contribution in [3.63, 3.8) is 0 Å². The number of hydrogen-bond acceptors (Lipinski definition) is 6. The molecular weight excluding hydrogens is 296 g/mol. The van der Waals surface area contributed by atoms with Crippen molar-refractivity contribution in [3.8, 4) is 5.88 Å². The fourth-order valence-corrected chi connectivity index (χ4v) is 2.82. The minimum atomic E-state index is -0.0310. The number of aromatic nitrogens is 5. The average molecular weight is 316 g/mol. The summed E-state index contributed by atoms with van der Waals surface area (Å²) in [4.78, 5) is 18.9. The number of rotatable bonds is 5. The fourth-order valence-electron chi connectivity index (χ4n) is 2.82. The lowest BCUT2D eigenvalue weighted by Crippen LogP contribution is -2.29. The van der Waals surface area contributed by atoms with E-state index >= 15 is 0 Å². The molecule has 1 atom stereocenters. The Bertz CT molecular complexity index is 673. The quantitative estimate of drug-likeness (QED) is 0.884. The van der Waals surface area contributed by atoms with Gasteiger partial charge < -0.3 is 9.64 Å². The Hall–Kier alpha value is -2.51. The van der Waals surface area contributed by atoms with Crippen LogP contribution in [0.25, 0.3) is 0 Å². The molecule has 1 unspecified atom stereocenters. The van der Waals surface area contributed by atoms with Crippen LogP contribution < -0.4 is 4.74 Å². The van der Waals surface area contributed by atoms with E-state index < -0.39 is 0 Å². The molecule has 1 fully saturated rings. The van der Waals surface area contributed by atoms with Gasteiger partial charge in [0, 0.05) is 25.2 Å². The Morgan fingerprint density at radius 1 is 1.48 bits per heavy atom. The second-order valence-electron chi connectivity index (χ2n) is 5.68. The van der Waals surface area contributed by atoms with Gasteiger partial charge in [0.2, 0.25) is 5.88 Å². The van der Waals surface area contributed by atoms with Crippen molar-refractivity contribution in [1.82, 2.24) is 30.5 Å². The van der Waals surface area contributed by atoms with Crippen molar-refractivity contribution >= 4 is 5.91 Å². The van der Waals surface area contributed by atoms with E-state index in [1.807, 2.05) is 24.8 Å². The van der Waals surface area contributed by atoms with Crippen molar-refractivity contribution in [2.24, 2.45) is 5.92 Å². The summed E-state index contributed by atoms with van der Waals surface area (Å²) in [7, 11) is 0. The molecule has 1 aliphatic rings. The Labute approximate surface area is 134 Å². The molecule has 0 aromatic carbocycles. The van der Waals surface area contributed by atoms with Crippen molar-refractivity contribution < 1.29 is 9.53 Å². The zero-order valence-electron chi connectivity index (χ0n) is 13.3. The van der Waals surface area contributed by atoms with Gasteiger partial charge in [-0.2, -0.15) is 5.21 Å². The first-order valence-corrected chi connectivity index (χ1v) is 7.79. The van der Waals surface area contributed by atoms with E-state index in [1.54, 1.807) is 6.07 Å². The van der Waals surface area contributed by atoms with Crippen LogP contribution in [0.2, 0.25) is 0 Å². The highest BCUT2D eigenvalue weighted by molar-refractivity contribution is 5.96. The number of H-pyrrole nitrogens is 1. The van der Waals surface area contributed by atoms with Gasteiger partial charge in [0.05, 0.1) is 6.61 Å². The normalized spacial score (nSPS) is 17.5. The molecule has 8 heteroatoms. The average Bonchev–Trinajstić information content (AvgIpc) is 3.19. The number of pyridine rings is 1. The molecule has 0 saturated carbocycles. The maximum Gasteiger partial charge on any atom is 0.259 e. The van der Waals surface area contributed by atoms with Gasteiger partial charge in [-0.25, -0.2) is 4.98 Å². The van der Waals surface area contributed by atoms with E-state index in [9.17, 15) is 4.79 Å². The van der Waals surface area contributed by atoms with Gasteiger partial charge in [0.1, 0.15) is 5.56 Å². The van der Waals surface area contributed by atoms with Crippen molar-refractivity contribution in [3.05, 3.63) is 29.2 Å². The zero-order valence-corrected chi connectivity index (χ0v) is 13.3. The molecule has 2 aromatic rings. The number of hydrogen-bond donors (Lipinski definition) is 1. The van der Waals surface area contributed by atoms with Gasteiger partial charge in [-0.1, -0.05) is 5.21 Å². The highest BCUT2D eigenvalue weighted by Crippen LogP contribution is 2.24. The number of nitrogens with one attached hydrogen (secondary N) is 1. The monoisotopic (exact) mass is 316 g/mol. The molecule has 1 saturated heterocycles. The molecule has 1 amide bonds. The number of ether oxygens (including phenoxy) is 1. The first-order chi connectivity index (χ1) is 11.2. The number of amides is 1. The molecular formula is C15H20N6O2. The van der Waals surface area contributed by atoms with Gasteiger partial charge in [-0.3, -0.25) is 4.79 Å². The minimum Gasteiger partial charge on any atom is -0.477 e. The number of aromatic amines is 1. The largest absolute Gasteiger partial charge is 0.477 e. The van der Waals surface area contributed by atoms with Crippen LogP contribution in [0.3, 0.4) is 0 Å². The fraction of sp³-hybridized carbons (Fsp3) is 0.533. The third kappa shape index (κ3) is 3.46. The topological polar surface area (TPSA) is 96.9 Å². The molecule has 3 rings (SSSR count). The van der Waals surface area contributed by atoms with Gasteiger partial charge >= 0.3 is 0 Å². The van der Waals surface area contributed by atoms with E-state index in [0.717, 1.165) is 25.1 Å². The first-order valence-electron chi connectivity index (χ1n) is 7.79. The Kier molecular flexibility index (Phi) is 4.50. The Balaban J connectivity index is 1.69. The van der Waals surface area contributed by atoms with Crippen LogP contribution in [0, 0.1) is 12.8 Å². The van der Waals surface area contributed by atoms with E-state index in [4.69, 9.17) is 4.74 Å². The summed E-state index contributed by atoms with van der Waals surface area (Å²) in [6, 6.07) is 3.63. The van der Waals surface area contributed by atoms with Crippen LogP contribution in [-0.4, -0.2) is 56.1 Å². The van der Waals surface area contributed by atoms with E-state index in [0.29, 0.717) is 36.3 Å². The van der Waals surface area contributed by atoms with Crippen LogP contribution in [-0.2, 0) is 6.42 Å². The lowest BCUT2D eigenvalue weighted by atomic mass is 10.1. The highest BCUT2D eigenvalue weighted by Gasteiger charge is 2.29. The summed E-state index contributed by atoms with van der Waals surface area (Å²) < 4.78 is 5.52. The summed E-state index contributed by atoms with van der Waals surface area (Å²) in [5.74, 6) is 1.43. The van der Waals surface area contributed by atoms with Crippen LogP contribution in [0.4, 0.5) is 0 Å². The smallest absolute Gasteiger partial charge is 0.259 e. The van der Waals surface area contributed by atoms with Gasteiger partial charge in [0.25, 0.3) is 5.91 Å². The number of carbonyl (C=O) groups is 1. The van der Waals surface area contributed by atoms with Gasteiger partial charge in [-0.05, 0) is 38.3 Å². The molecule has 0 spiro atoms. The third-order valence-electron chi connectivity index (χ3n) is 3.94. The Morgan fingerprint density at radius 2 is 2.35 bits per heavy atom. The standard InChI is InChI=1S/C15H20N6O2/c1-3-23-14-12(5-4-10(2)16-14)15(22)21-7-6-11(9-21)8-13-17-19-20-18-13/h4-5,11H,3,6-9H2,1-2H3,(H,17,18,19,20). The molecule has 23 heavy (non-hydrogen) atoms. The molecule has 0 aliphatic carbocycles. The molecule has 3 heterocycles. The van der Waals surface area contributed by atoms with Crippen LogP contribution >= 0.6 is 0 Å². The highest BCUT2D eigenvalue weighted by atomic mass is 16.5. The van der Waals surface area contributed by atoms with Crippen molar-refractivity contribution in [1.29, 1.82) is 0 Å². The molecule has 122 valence electrons. The molecule has 8 nitrogen and oxygen atoms in total.